The number of amides is 2. The number of methoxy groups -OCH3 is 1. The van der Waals surface area contributed by atoms with E-state index in [1.807, 2.05) is 24.3 Å². The molecule has 32 heavy (non-hydrogen) atoms. The van der Waals surface area contributed by atoms with Gasteiger partial charge >= 0.3 is 0 Å². The van der Waals surface area contributed by atoms with Crippen LogP contribution in [0.3, 0.4) is 0 Å². The van der Waals surface area contributed by atoms with E-state index in [-0.39, 0.29) is 12.5 Å². The summed E-state index contributed by atoms with van der Waals surface area (Å²) in [7, 11) is 1.57. The largest absolute Gasteiger partial charge is 0.497 e. The van der Waals surface area contributed by atoms with Crippen molar-refractivity contribution < 1.29 is 23.8 Å². The van der Waals surface area contributed by atoms with Crippen LogP contribution < -0.4 is 30.4 Å². The fourth-order valence-corrected chi connectivity index (χ4v) is 3.21. The van der Waals surface area contributed by atoms with Crippen molar-refractivity contribution in [1.82, 2.24) is 10.9 Å². The monoisotopic (exact) mass is 433 g/mol. The molecule has 0 unspecified atom stereocenters. The summed E-state index contributed by atoms with van der Waals surface area (Å²) < 4.78 is 16.5. The third kappa shape index (κ3) is 4.98. The Hall–Kier alpha value is -4.04. The van der Waals surface area contributed by atoms with E-state index < -0.39 is 18.1 Å². The molecule has 1 aliphatic heterocycles. The van der Waals surface area contributed by atoms with Gasteiger partial charge in [-0.15, -0.1) is 0 Å². The predicted molar refractivity (Wildman–Crippen MR) is 118 cm³/mol. The Morgan fingerprint density at radius 1 is 0.938 bits per heavy atom. The van der Waals surface area contributed by atoms with Gasteiger partial charge in [0.2, 0.25) is 12.0 Å². The van der Waals surface area contributed by atoms with Crippen molar-refractivity contribution in [3.05, 3.63) is 84.4 Å². The standard InChI is InChI=1S/C24H23N3O5/c1-30-18-13-11-17(12-14-18)25-24(29)22(16-7-3-2-4-8-16)26-27-23(28)21-15-31-19-9-5-6-10-20(19)32-21/h2-14,21-22,26H,15H2,1H3,(H,25,29)(H,27,28)/t21-,22-/m0/s1. The van der Waals surface area contributed by atoms with Gasteiger partial charge in [-0.2, -0.15) is 0 Å². The highest BCUT2D eigenvalue weighted by Crippen LogP contribution is 2.30. The van der Waals surface area contributed by atoms with E-state index in [0.29, 0.717) is 28.5 Å². The fourth-order valence-electron chi connectivity index (χ4n) is 3.21. The lowest BCUT2D eigenvalue weighted by molar-refractivity contribution is -0.132. The number of hydrogen-bond acceptors (Lipinski definition) is 6. The molecular weight excluding hydrogens is 410 g/mol. The molecule has 0 saturated heterocycles. The Morgan fingerprint density at radius 2 is 1.62 bits per heavy atom. The molecule has 3 aromatic rings. The van der Waals surface area contributed by atoms with Crippen molar-refractivity contribution in [2.45, 2.75) is 12.1 Å². The molecule has 0 bridgehead atoms. The zero-order valence-corrected chi connectivity index (χ0v) is 17.4. The van der Waals surface area contributed by atoms with Gasteiger partial charge in [-0.1, -0.05) is 42.5 Å². The van der Waals surface area contributed by atoms with E-state index in [2.05, 4.69) is 16.2 Å². The van der Waals surface area contributed by atoms with Crippen LogP contribution in [0.5, 0.6) is 17.2 Å². The molecular formula is C24H23N3O5. The third-order valence-electron chi connectivity index (χ3n) is 4.89. The molecule has 0 aliphatic carbocycles. The van der Waals surface area contributed by atoms with Crippen LogP contribution in [0.2, 0.25) is 0 Å². The van der Waals surface area contributed by atoms with E-state index in [0.717, 1.165) is 0 Å². The zero-order valence-electron chi connectivity index (χ0n) is 17.4. The quantitative estimate of drug-likeness (QED) is 0.496. The highest BCUT2D eigenvalue weighted by Gasteiger charge is 2.29. The van der Waals surface area contributed by atoms with E-state index in [4.69, 9.17) is 14.2 Å². The summed E-state index contributed by atoms with van der Waals surface area (Å²) in [6.07, 6.45) is -0.849. The highest BCUT2D eigenvalue weighted by atomic mass is 16.6. The SMILES string of the molecule is COc1ccc(NC(=O)[C@@H](NNC(=O)[C@@H]2COc3ccccc3O2)c2ccccc2)cc1. The van der Waals surface area contributed by atoms with Gasteiger partial charge in [0, 0.05) is 5.69 Å². The Bertz CT molecular complexity index is 1070. The van der Waals surface area contributed by atoms with Crippen molar-refractivity contribution in [3.63, 3.8) is 0 Å². The number of hydrogen-bond donors (Lipinski definition) is 3. The second-order valence-corrected chi connectivity index (χ2v) is 7.06. The summed E-state index contributed by atoms with van der Waals surface area (Å²) in [4.78, 5) is 25.7. The normalized spacial score (nSPS) is 15.3. The second kappa shape index (κ2) is 9.84. The Labute approximate surface area is 185 Å². The molecule has 8 heteroatoms. The van der Waals surface area contributed by atoms with Crippen molar-refractivity contribution in [3.8, 4) is 17.2 Å². The number of anilines is 1. The summed E-state index contributed by atoms with van der Waals surface area (Å²) in [5, 5.41) is 2.84. The number of nitrogens with one attached hydrogen (secondary N) is 3. The average molecular weight is 433 g/mol. The molecule has 8 nitrogen and oxygen atoms in total. The highest BCUT2D eigenvalue weighted by molar-refractivity contribution is 5.96. The smallest absolute Gasteiger partial charge is 0.278 e. The van der Waals surface area contributed by atoms with E-state index in [9.17, 15) is 9.59 Å². The molecule has 0 fully saturated rings. The maximum Gasteiger partial charge on any atom is 0.278 e. The summed E-state index contributed by atoms with van der Waals surface area (Å²) in [6.45, 7) is 0.0680. The minimum atomic E-state index is -0.849. The molecule has 2 amide bonds. The number of carbonyl (C=O) groups excluding carboxylic acids is 2. The van der Waals surface area contributed by atoms with Crippen molar-refractivity contribution in [1.29, 1.82) is 0 Å². The lowest BCUT2D eigenvalue weighted by atomic mass is 10.1. The molecule has 1 aliphatic rings. The van der Waals surface area contributed by atoms with Crippen LogP contribution in [0.1, 0.15) is 11.6 Å². The number of carbonyl (C=O) groups is 2. The molecule has 0 aromatic heterocycles. The molecule has 0 spiro atoms. The van der Waals surface area contributed by atoms with Crippen molar-refractivity contribution >= 4 is 17.5 Å². The van der Waals surface area contributed by atoms with E-state index >= 15 is 0 Å². The maximum absolute atomic E-state index is 13.0. The Morgan fingerprint density at radius 3 is 2.34 bits per heavy atom. The molecule has 3 aromatic carbocycles. The first-order valence-corrected chi connectivity index (χ1v) is 10.1. The zero-order chi connectivity index (χ0) is 22.3. The van der Waals surface area contributed by atoms with Crippen LogP contribution in [0.15, 0.2) is 78.9 Å². The summed E-state index contributed by atoms with van der Waals surface area (Å²) in [6, 6.07) is 22.4. The number of rotatable bonds is 7. The van der Waals surface area contributed by atoms with Crippen LogP contribution in [-0.4, -0.2) is 31.6 Å². The number of benzene rings is 3. The van der Waals surface area contributed by atoms with Crippen molar-refractivity contribution in [2.75, 3.05) is 19.0 Å². The van der Waals surface area contributed by atoms with Crippen LogP contribution in [-0.2, 0) is 9.59 Å². The van der Waals surface area contributed by atoms with Gasteiger partial charge in [0.15, 0.2) is 11.5 Å². The second-order valence-electron chi connectivity index (χ2n) is 7.06. The van der Waals surface area contributed by atoms with Crippen LogP contribution in [0.4, 0.5) is 5.69 Å². The Kier molecular flexibility index (Phi) is 6.52. The number of para-hydroxylation sites is 2. The number of ether oxygens (including phenoxy) is 3. The van der Waals surface area contributed by atoms with Gasteiger partial charge in [-0.3, -0.25) is 15.0 Å². The first kappa shape index (κ1) is 21.2. The molecule has 164 valence electrons. The maximum atomic E-state index is 13.0. The van der Waals surface area contributed by atoms with Gasteiger partial charge in [0.05, 0.1) is 7.11 Å². The van der Waals surface area contributed by atoms with Crippen LogP contribution in [0.25, 0.3) is 0 Å². The molecule has 0 saturated carbocycles. The molecule has 0 radical (unpaired) electrons. The number of fused-ring (bicyclic) bond motifs is 1. The molecule has 2 atom stereocenters. The first-order chi connectivity index (χ1) is 15.6. The topological polar surface area (TPSA) is 97.9 Å². The van der Waals surface area contributed by atoms with Gasteiger partial charge in [-0.25, -0.2) is 5.43 Å². The third-order valence-corrected chi connectivity index (χ3v) is 4.89. The number of hydrazine groups is 1. The average Bonchev–Trinajstić information content (AvgIpc) is 2.85. The summed E-state index contributed by atoms with van der Waals surface area (Å²) in [5.74, 6) is 0.982. The van der Waals surface area contributed by atoms with Gasteiger partial charge in [0.25, 0.3) is 5.91 Å². The summed E-state index contributed by atoms with van der Waals surface area (Å²) >= 11 is 0. The van der Waals surface area contributed by atoms with Gasteiger partial charge < -0.3 is 19.5 Å². The predicted octanol–water partition coefficient (Wildman–Crippen LogP) is 2.84. The fraction of sp³-hybridized carbons (Fsp3) is 0.167. The van der Waals surface area contributed by atoms with Crippen LogP contribution in [0, 0.1) is 0 Å². The van der Waals surface area contributed by atoms with Crippen molar-refractivity contribution in [2.24, 2.45) is 0 Å². The van der Waals surface area contributed by atoms with Gasteiger partial charge in [-0.05, 0) is 42.0 Å². The van der Waals surface area contributed by atoms with E-state index in [1.165, 1.54) is 0 Å². The minimum absolute atomic E-state index is 0.0680. The first-order valence-electron chi connectivity index (χ1n) is 10.1. The van der Waals surface area contributed by atoms with E-state index in [1.54, 1.807) is 61.7 Å². The molecule has 1 heterocycles. The lowest BCUT2D eigenvalue weighted by Gasteiger charge is -2.26. The lowest BCUT2D eigenvalue weighted by Crippen LogP contribution is -2.51. The Balaban J connectivity index is 1.43. The summed E-state index contributed by atoms with van der Waals surface area (Å²) in [5.41, 5.74) is 6.71. The molecule has 3 N–H and O–H groups in total. The molecule has 4 rings (SSSR count). The minimum Gasteiger partial charge on any atom is -0.497 e. The van der Waals surface area contributed by atoms with Gasteiger partial charge in [0.1, 0.15) is 18.4 Å². The van der Waals surface area contributed by atoms with Crippen LogP contribution >= 0.6 is 0 Å².